The minimum absolute atomic E-state index is 0.00173. The number of aliphatic hydroxyl groups is 1. The molecule has 0 bridgehead atoms. The molecule has 1 aliphatic rings. The van der Waals surface area contributed by atoms with Crippen molar-refractivity contribution in [3.8, 4) is 0 Å². The second-order valence-electron chi connectivity index (χ2n) is 6.62. The molecular weight excluding hydrogens is 384 g/mol. The van der Waals surface area contributed by atoms with E-state index >= 15 is 0 Å². The van der Waals surface area contributed by atoms with E-state index in [1.165, 1.54) is 6.20 Å². The molecule has 0 saturated heterocycles. The molecule has 1 aliphatic heterocycles. The summed E-state index contributed by atoms with van der Waals surface area (Å²) in [7, 11) is 0. The number of hydrogen-bond donors (Lipinski definition) is 3. The number of alkyl halides is 2. The third kappa shape index (κ3) is 5.29. The first-order valence-corrected chi connectivity index (χ1v) is 9.24. The van der Waals surface area contributed by atoms with Crippen LogP contribution in [-0.2, 0) is 11.3 Å². The highest BCUT2D eigenvalue weighted by Crippen LogP contribution is 2.19. The Morgan fingerprint density at radius 1 is 1.48 bits per heavy atom. The number of amides is 1. The summed E-state index contributed by atoms with van der Waals surface area (Å²) in [6, 6.07) is 1.73. The summed E-state index contributed by atoms with van der Waals surface area (Å²) in [5, 5.41) is 19.7. The lowest BCUT2D eigenvalue weighted by atomic mass is 10.1. The number of pyridine rings is 1. The number of carbonyl (C=O) groups is 1. The van der Waals surface area contributed by atoms with Gasteiger partial charge in [-0.15, -0.1) is 0 Å². The Morgan fingerprint density at radius 2 is 2.31 bits per heavy atom. The number of hydrogen-bond acceptors (Lipinski definition) is 6. The fraction of sp³-hybridized carbons (Fsp3) is 0.421. The lowest BCUT2D eigenvalue weighted by Gasteiger charge is -2.20. The molecule has 0 fully saturated rings. The Balaban J connectivity index is 1.74. The van der Waals surface area contributed by atoms with Crippen LogP contribution in [0.1, 0.15) is 23.8 Å². The maximum absolute atomic E-state index is 12.3. The zero-order chi connectivity index (χ0) is 20.8. The van der Waals surface area contributed by atoms with Gasteiger partial charge in [-0.05, 0) is 25.0 Å². The third-order valence-corrected chi connectivity index (χ3v) is 4.29. The molecule has 0 aliphatic carbocycles. The summed E-state index contributed by atoms with van der Waals surface area (Å²) >= 11 is 0. The lowest BCUT2D eigenvalue weighted by molar-refractivity contribution is 0.0418. The van der Waals surface area contributed by atoms with Crippen LogP contribution in [0.5, 0.6) is 0 Å². The van der Waals surface area contributed by atoms with E-state index in [-0.39, 0.29) is 18.2 Å². The van der Waals surface area contributed by atoms with E-state index in [1.54, 1.807) is 23.9 Å². The number of nitrogens with one attached hydrogen (secondary N) is 2. The lowest BCUT2D eigenvalue weighted by Crippen LogP contribution is -2.26. The van der Waals surface area contributed by atoms with Crippen LogP contribution in [0.4, 0.5) is 8.78 Å². The van der Waals surface area contributed by atoms with E-state index in [2.05, 4.69) is 20.7 Å². The molecule has 0 saturated carbocycles. The average molecular weight is 407 g/mol. The van der Waals surface area contributed by atoms with Gasteiger partial charge in [0.05, 0.1) is 17.4 Å². The highest BCUT2D eigenvalue weighted by atomic mass is 19.3. The van der Waals surface area contributed by atoms with Crippen molar-refractivity contribution >= 4 is 16.8 Å². The summed E-state index contributed by atoms with van der Waals surface area (Å²) in [5.74, 6) is 0.0347. The van der Waals surface area contributed by atoms with E-state index in [0.717, 1.165) is 11.1 Å². The second-order valence-corrected chi connectivity index (χ2v) is 6.62. The number of nitrogens with zero attached hydrogens (tertiary/aromatic N) is 3. The average Bonchev–Trinajstić information content (AvgIpc) is 3.09. The van der Waals surface area contributed by atoms with Crippen LogP contribution in [0, 0.1) is 0 Å². The topological polar surface area (TPSA) is 101 Å². The molecule has 8 nitrogen and oxygen atoms in total. The van der Waals surface area contributed by atoms with Gasteiger partial charge in [0, 0.05) is 37.7 Å². The van der Waals surface area contributed by atoms with Crippen molar-refractivity contribution < 1.29 is 23.4 Å². The van der Waals surface area contributed by atoms with Gasteiger partial charge < -0.3 is 20.5 Å². The summed E-state index contributed by atoms with van der Waals surface area (Å²) < 4.78 is 31.4. The van der Waals surface area contributed by atoms with Crippen molar-refractivity contribution in [1.82, 2.24) is 25.4 Å². The Morgan fingerprint density at radius 3 is 3.03 bits per heavy atom. The first kappa shape index (κ1) is 20.7. The van der Waals surface area contributed by atoms with Crippen molar-refractivity contribution in [3.63, 3.8) is 0 Å². The zero-order valence-electron chi connectivity index (χ0n) is 16.0. The third-order valence-electron chi connectivity index (χ3n) is 4.29. The van der Waals surface area contributed by atoms with Gasteiger partial charge in [-0.25, -0.2) is 8.78 Å². The van der Waals surface area contributed by atoms with Crippen LogP contribution in [0.25, 0.3) is 10.9 Å². The highest BCUT2D eigenvalue weighted by molar-refractivity contribution is 6.04. The smallest absolute Gasteiger partial charge is 0.272 e. The van der Waals surface area contributed by atoms with E-state index in [9.17, 15) is 13.6 Å². The van der Waals surface area contributed by atoms with E-state index in [1.807, 2.05) is 6.08 Å². The molecule has 3 heterocycles. The van der Waals surface area contributed by atoms with E-state index in [4.69, 9.17) is 9.84 Å². The molecule has 3 N–H and O–H groups in total. The molecular formula is C19H23F2N5O3. The fourth-order valence-electron chi connectivity index (χ4n) is 3.00. The summed E-state index contributed by atoms with van der Waals surface area (Å²) in [4.78, 5) is 16.5. The number of carbonyl (C=O) groups excluding carboxylic acids is 1. The summed E-state index contributed by atoms with van der Waals surface area (Å²) in [5.41, 5.74) is 2.64. The first-order valence-electron chi connectivity index (χ1n) is 9.24. The molecule has 0 spiro atoms. The van der Waals surface area contributed by atoms with E-state index < -0.39 is 13.0 Å². The molecule has 0 radical (unpaired) electrons. The molecule has 2 aromatic rings. The Hall–Kier alpha value is -3.01. The largest absolute Gasteiger partial charge is 0.473 e. The van der Waals surface area contributed by atoms with Crippen LogP contribution < -0.4 is 10.6 Å². The highest BCUT2D eigenvalue weighted by Gasteiger charge is 2.16. The minimum Gasteiger partial charge on any atom is -0.473 e. The Labute approximate surface area is 166 Å². The van der Waals surface area contributed by atoms with Crippen LogP contribution in [-0.4, -0.2) is 58.5 Å². The molecule has 3 rings (SSSR count). The number of aliphatic hydroxyl groups excluding tert-OH is 1. The van der Waals surface area contributed by atoms with Gasteiger partial charge in [0.1, 0.15) is 5.69 Å². The van der Waals surface area contributed by atoms with Crippen molar-refractivity contribution in [1.29, 1.82) is 0 Å². The molecule has 1 amide bonds. The number of ether oxygens (including phenoxy) is 1. The molecule has 0 unspecified atom stereocenters. The van der Waals surface area contributed by atoms with Crippen LogP contribution in [0.15, 0.2) is 41.6 Å². The molecule has 0 atom stereocenters. The first-order chi connectivity index (χ1) is 14.0. The van der Waals surface area contributed by atoms with Crippen molar-refractivity contribution in [3.05, 3.63) is 47.3 Å². The molecule has 0 aromatic carbocycles. The minimum atomic E-state index is -2.53. The zero-order valence-corrected chi connectivity index (χ0v) is 16.0. The number of aromatic nitrogens is 3. The monoisotopic (exact) mass is 407 g/mol. The standard InChI is InChI=1S/C19H23F2N5O3/c1-12-7-13(8-24-19(12)29-11-16(20)21)9-26-10-14-15(25-26)3-5-22-17(14)18(28)23-4-2-6-27/h3,5,7,10,16,24,27H,2,4,6,8-9,11H2,1H3,(H,23,28). The number of dihydropyridines is 1. The van der Waals surface area contributed by atoms with Gasteiger partial charge in [0.2, 0.25) is 0 Å². The van der Waals surface area contributed by atoms with Crippen LogP contribution in [0.3, 0.4) is 0 Å². The van der Waals surface area contributed by atoms with Crippen molar-refractivity contribution in [2.45, 2.75) is 26.3 Å². The summed E-state index contributed by atoms with van der Waals surface area (Å²) in [6.45, 7) is 2.41. The number of fused-ring (bicyclic) bond motifs is 1. The maximum atomic E-state index is 12.3. The number of allylic oxidation sites excluding steroid dienone is 2. The second kappa shape index (κ2) is 9.46. The van der Waals surface area contributed by atoms with Gasteiger partial charge in [-0.1, -0.05) is 6.08 Å². The molecule has 10 heteroatoms. The molecule has 2 aromatic heterocycles. The molecule has 29 heavy (non-hydrogen) atoms. The fourth-order valence-corrected chi connectivity index (χ4v) is 3.00. The van der Waals surface area contributed by atoms with Gasteiger partial charge in [0.15, 0.2) is 12.5 Å². The SMILES string of the molecule is CC1=C(OCC(F)F)NCC(Cn2cc3c(C(=O)NCCCO)nccc3n2)=C1. The summed E-state index contributed by atoms with van der Waals surface area (Å²) in [6.07, 6.45) is 3.11. The van der Waals surface area contributed by atoms with Crippen LogP contribution in [0.2, 0.25) is 0 Å². The maximum Gasteiger partial charge on any atom is 0.272 e. The van der Waals surface area contributed by atoms with Crippen molar-refractivity contribution in [2.24, 2.45) is 0 Å². The van der Waals surface area contributed by atoms with Crippen LogP contribution >= 0.6 is 0 Å². The number of rotatable bonds is 9. The van der Waals surface area contributed by atoms with Crippen molar-refractivity contribution in [2.75, 3.05) is 26.3 Å². The van der Waals surface area contributed by atoms with E-state index in [0.29, 0.717) is 42.8 Å². The molecule has 156 valence electrons. The van der Waals surface area contributed by atoms with Gasteiger partial charge in [-0.2, -0.15) is 5.10 Å². The Bertz CT molecular complexity index is 939. The quantitative estimate of drug-likeness (QED) is 0.546. The predicted octanol–water partition coefficient (Wildman–Crippen LogP) is 1.59. The van der Waals surface area contributed by atoms with Gasteiger partial charge in [0.25, 0.3) is 12.3 Å². The normalized spacial score (nSPS) is 14.2. The van der Waals surface area contributed by atoms with Gasteiger partial charge >= 0.3 is 0 Å². The number of halogens is 2. The Kier molecular flexibility index (Phi) is 6.76. The predicted molar refractivity (Wildman–Crippen MR) is 102 cm³/mol. The van der Waals surface area contributed by atoms with Gasteiger partial charge in [-0.3, -0.25) is 14.5 Å².